The molecule has 0 radical (unpaired) electrons. The van der Waals surface area contributed by atoms with Crippen LogP contribution < -0.4 is 9.62 Å². The van der Waals surface area contributed by atoms with E-state index in [1.807, 2.05) is 13.8 Å². The molecule has 2 aromatic rings. The molecule has 7 nitrogen and oxygen atoms in total. The minimum atomic E-state index is -3.78. The predicted octanol–water partition coefficient (Wildman–Crippen LogP) is 3.54. The number of benzene rings is 2. The highest BCUT2D eigenvalue weighted by Gasteiger charge is 2.30. The second-order valence-electron chi connectivity index (χ2n) is 8.21. The lowest BCUT2D eigenvalue weighted by molar-refractivity contribution is -0.139. The zero-order valence-electron chi connectivity index (χ0n) is 19.1. The van der Waals surface area contributed by atoms with E-state index in [1.165, 1.54) is 29.2 Å². The first kappa shape index (κ1) is 26.8. The smallest absolute Gasteiger partial charge is 0.244 e. The fourth-order valence-corrected chi connectivity index (χ4v) is 4.16. The van der Waals surface area contributed by atoms with Crippen LogP contribution in [0, 0.1) is 11.7 Å². The van der Waals surface area contributed by atoms with E-state index < -0.39 is 34.3 Å². The van der Waals surface area contributed by atoms with Crippen LogP contribution in [-0.4, -0.2) is 50.5 Å². The maximum absolute atomic E-state index is 13.4. The largest absolute Gasteiger partial charge is 0.354 e. The zero-order chi connectivity index (χ0) is 24.8. The number of carbonyl (C=O) groups is 2. The van der Waals surface area contributed by atoms with Crippen molar-refractivity contribution in [1.29, 1.82) is 0 Å². The van der Waals surface area contributed by atoms with Gasteiger partial charge in [-0.25, -0.2) is 12.8 Å². The van der Waals surface area contributed by atoms with Gasteiger partial charge in [0.25, 0.3) is 0 Å². The van der Waals surface area contributed by atoms with Gasteiger partial charge in [0, 0.05) is 17.6 Å². The molecule has 0 bridgehead atoms. The van der Waals surface area contributed by atoms with Crippen molar-refractivity contribution < 1.29 is 22.4 Å². The van der Waals surface area contributed by atoms with Crippen LogP contribution in [0.5, 0.6) is 0 Å². The van der Waals surface area contributed by atoms with Gasteiger partial charge >= 0.3 is 0 Å². The van der Waals surface area contributed by atoms with E-state index in [2.05, 4.69) is 21.2 Å². The summed E-state index contributed by atoms with van der Waals surface area (Å²) in [6.45, 7) is 5.47. The Balaban J connectivity index is 2.34. The monoisotopic (exact) mass is 541 g/mol. The normalized spacial score (nSPS) is 12.3. The van der Waals surface area contributed by atoms with E-state index in [0.29, 0.717) is 17.8 Å². The third-order valence-corrected chi connectivity index (χ3v) is 6.58. The molecular weight excluding hydrogens is 513 g/mol. The van der Waals surface area contributed by atoms with Crippen LogP contribution in [0.2, 0.25) is 0 Å². The van der Waals surface area contributed by atoms with Crippen LogP contribution in [0.1, 0.15) is 26.3 Å². The van der Waals surface area contributed by atoms with E-state index in [-0.39, 0.29) is 18.4 Å². The number of anilines is 1. The summed E-state index contributed by atoms with van der Waals surface area (Å²) in [6.07, 6.45) is 1.02. The molecule has 1 N–H and O–H groups in total. The molecule has 180 valence electrons. The summed E-state index contributed by atoms with van der Waals surface area (Å²) in [6, 6.07) is 11.2. The number of nitrogens with zero attached hydrogens (tertiary/aromatic N) is 2. The van der Waals surface area contributed by atoms with Gasteiger partial charge in [0.1, 0.15) is 18.4 Å². The molecule has 2 rings (SSSR count). The second kappa shape index (κ2) is 11.6. The highest BCUT2D eigenvalue weighted by molar-refractivity contribution is 9.10. The Bertz CT molecular complexity index is 1060. The third kappa shape index (κ3) is 8.12. The summed E-state index contributed by atoms with van der Waals surface area (Å²) in [4.78, 5) is 27.4. The number of nitrogens with one attached hydrogen (secondary N) is 1. The first-order valence-corrected chi connectivity index (χ1v) is 13.1. The molecule has 0 aliphatic rings. The molecule has 0 spiro atoms. The van der Waals surface area contributed by atoms with Crippen molar-refractivity contribution in [2.45, 2.75) is 33.4 Å². The minimum absolute atomic E-state index is 0.0211. The Kier molecular flexibility index (Phi) is 9.42. The second-order valence-corrected chi connectivity index (χ2v) is 11.0. The van der Waals surface area contributed by atoms with Gasteiger partial charge in [-0.15, -0.1) is 0 Å². The van der Waals surface area contributed by atoms with Crippen LogP contribution in [0.4, 0.5) is 10.1 Å². The Hall–Kier alpha value is -2.46. The van der Waals surface area contributed by atoms with Gasteiger partial charge in [0.2, 0.25) is 21.8 Å². The van der Waals surface area contributed by atoms with E-state index in [0.717, 1.165) is 15.0 Å². The molecule has 33 heavy (non-hydrogen) atoms. The van der Waals surface area contributed by atoms with Gasteiger partial charge < -0.3 is 10.2 Å². The van der Waals surface area contributed by atoms with Crippen molar-refractivity contribution in [3.05, 3.63) is 64.4 Å². The SMILES string of the molecule is CC(C)CNC(=O)[C@@H](C)N(Cc1ccc(F)cc1)C(=O)CN(c1ccc(Br)cc1)S(C)(=O)=O. The summed E-state index contributed by atoms with van der Waals surface area (Å²) in [5.74, 6) is -1.10. The van der Waals surface area contributed by atoms with Gasteiger partial charge in [0.05, 0.1) is 11.9 Å². The summed E-state index contributed by atoms with van der Waals surface area (Å²) in [7, 11) is -3.78. The molecule has 10 heteroatoms. The standard InChI is InChI=1S/C23H29BrFN3O4S/c1-16(2)13-26-23(30)17(3)27(14-18-5-9-20(25)10-6-18)22(29)15-28(33(4,31)32)21-11-7-19(24)8-12-21/h5-12,16-17H,13-15H2,1-4H3,(H,26,30)/t17-/m1/s1. The molecule has 0 saturated carbocycles. The molecule has 2 amide bonds. The van der Waals surface area contributed by atoms with Gasteiger partial charge in [0.15, 0.2) is 0 Å². The molecule has 0 heterocycles. The van der Waals surface area contributed by atoms with Crippen molar-refractivity contribution in [2.24, 2.45) is 5.92 Å². The van der Waals surface area contributed by atoms with Gasteiger partial charge in [-0.2, -0.15) is 0 Å². The molecule has 0 saturated heterocycles. The molecule has 0 aliphatic carbocycles. The Morgan fingerprint density at radius 1 is 1.03 bits per heavy atom. The summed E-state index contributed by atoms with van der Waals surface area (Å²) in [5.41, 5.74) is 0.940. The van der Waals surface area contributed by atoms with E-state index in [1.54, 1.807) is 31.2 Å². The Morgan fingerprint density at radius 2 is 1.61 bits per heavy atom. The highest BCUT2D eigenvalue weighted by Crippen LogP contribution is 2.21. The predicted molar refractivity (Wildman–Crippen MR) is 131 cm³/mol. The molecule has 0 fully saturated rings. The first-order chi connectivity index (χ1) is 15.4. The molecule has 2 aromatic carbocycles. The van der Waals surface area contributed by atoms with Gasteiger partial charge in [-0.3, -0.25) is 13.9 Å². The Labute approximate surface area is 203 Å². The maximum Gasteiger partial charge on any atom is 0.244 e. The maximum atomic E-state index is 13.4. The number of halogens is 2. The lowest BCUT2D eigenvalue weighted by Crippen LogP contribution is -2.51. The van der Waals surface area contributed by atoms with Crippen LogP contribution in [0.15, 0.2) is 53.0 Å². The van der Waals surface area contributed by atoms with Gasteiger partial charge in [-0.05, 0) is 54.8 Å². The molecule has 0 aliphatic heterocycles. The highest BCUT2D eigenvalue weighted by atomic mass is 79.9. The van der Waals surface area contributed by atoms with E-state index in [4.69, 9.17) is 0 Å². The first-order valence-electron chi connectivity index (χ1n) is 10.4. The average Bonchev–Trinajstić information content (AvgIpc) is 2.74. The van der Waals surface area contributed by atoms with Crippen molar-refractivity contribution in [2.75, 3.05) is 23.7 Å². The van der Waals surface area contributed by atoms with Crippen LogP contribution in [-0.2, 0) is 26.2 Å². The van der Waals surface area contributed by atoms with Crippen molar-refractivity contribution in [1.82, 2.24) is 10.2 Å². The Morgan fingerprint density at radius 3 is 2.12 bits per heavy atom. The topological polar surface area (TPSA) is 86.8 Å². The number of hydrogen-bond acceptors (Lipinski definition) is 4. The van der Waals surface area contributed by atoms with Crippen LogP contribution in [0.25, 0.3) is 0 Å². The average molecular weight is 542 g/mol. The summed E-state index contributed by atoms with van der Waals surface area (Å²) >= 11 is 3.31. The number of sulfonamides is 1. The van der Waals surface area contributed by atoms with Crippen LogP contribution in [0.3, 0.4) is 0 Å². The van der Waals surface area contributed by atoms with Crippen molar-refractivity contribution >= 4 is 43.5 Å². The number of hydrogen-bond donors (Lipinski definition) is 1. The molecule has 1 atom stereocenters. The quantitative estimate of drug-likeness (QED) is 0.498. The van der Waals surface area contributed by atoms with Crippen molar-refractivity contribution in [3.63, 3.8) is 0 Å². The van der Waals surface area contributed by atoms with Crippen LogP contribution >= 0.6 is 15.9 Å². The van der Waals surface area contributed by atoms with Gasteiger partial charge in [-0.1, -0.05) is 41.9 Å². The van der Waals surface area contributed by atoms with Crippen molar-refractivity contribution in [3.8, 4) is 0 Å². The van der Waals surface area contributed by atoms with E-state index in [9.17, 15) is 22.4 Å². The zero-order valence-corrected chi connectivity index (χ0v) is 21.5. The third-order valence-electron chi connectivity index (χ3n) is 4.91. The number of amides is 2. The summed E-state index contributed by atoms with van der Waals surface area (Å²) < 4.78 is 40.1. The molecule has 0 unspecified atom stereocenters. The fraction of sp³-hybridized carbons (Fsp3) is 0.391. The summed E-state index contributed by atoms with van der Waals surface area (Å²) in [5, 5.41) is 2.80. The minimum Gasteiger partial charge on any atom is -0.354 e. The number of rotatable bonds is 10. The molecule has 0 aromatic heterocycles. The fourth-order valence-electron chi connectivity index (χ4n) is 3.04. The lowest BCUT2D eigenvalue weighted by Gasteiger charge is -2.31. The number of carbonyl (C=O) groups excluding carboxylic acids is 2. The van der Waals surface area contributed by atoms with E-state index >= 15 is 0 Å². The molecular formula is C23H29BrFN3O4S. The lowest BCUT2D eigenvalue weighted by atomic mass is 10.1.